The van der Waals surface area contributed by atoms with Crippen molar-refractivity contribution in [2.75, 3.05) is 6.54 Å². The van der Waals surface area contributed by atoms with Gasteiger partial charge in [-0.1, -0.05) is 25.7 Å². The van der Waals surface area contributed by atoms with E-state index in [1.807, 2.05) is 0 Å². The first-order valence-electron chi connectivity index (χ1n) is 8.59. The molecule has 0 spiro atoms. The number of amides is 1. The van der Waals surface area contributed by atoms with E-state index in [1.165, 1.54) is 25.7 Å². The SMILES string of the molecule is O=C(CC1(C(=O)O)CCCCC1)NCC1CC2CCC1C2. The molecule has 0 radical (unpaired) electrons. The van der Waals surface area contributed by atoms with Gasteiger partial charge in [-0.2, -0.15) is 0 Å². The van der Waals surface area contributed by atoms with Crippen LogP contribution in [0.15, 0.2) is 0 Å². The van der Waals surface area contributed by atoms with Gasteiger partial charge in [0.05, 0.1) is 5.41 Å². The summed E-state index contributed by atoms with van der Waals surface area (Å²) in [6.45, 7) is 0.760. The van der Waals surface area contributed by atoms with Crippen molar-refractivity contribution >= 4 is 11.9 Å². The number of carboxylic acids is 1. The molecular formula is C17H27NO3. The number of hydrogen-bond donors (Lipinski definition) is 2. The Morgan fingerprint density at radius 2 is 1.86 bits per heavy atom. The summed E-state index contributed by atoms with van der Waals surface area (Å²) >= 11 is 0. The van der Waals surface area contributed by atoms with Gasteiger partial charge in [0.25, 0.3) is 0 Å². The van der Waals surface area contributed by atoms with Gasteiger partial charge in [0.2, 0.25) is 5.91 Å². The molecule has 3 rings (SSSR count). The van der Waals surface area contributed by atoms with Crippen molar-refractivity contribution in [3.8, 4) is 0 Å². The third-order valence-electron chi connectivity index (χ3n) is 6.21. The highest BCUT2D eigenvalue weighted by Crippen LogP contribution is 2.48. The number of aliphatic carboxylic acids is 1. The fourth-order valence-corrected chi connectivity index (χ4v) is 4.94. The fraction of sp³-hybridized carbons (Fsp3) is 0.882. The van der Waals surface area contributed by atoms with Crippen molar-refractivity contribution in [3.05, 3.63) is 0 Å². The van der Waals surface area contributed by atoms with Crippen molar-refractivity contribution in [1.29, 1.82) is 0 Å². The van der Waals surface area contributed by atoms with Gasteiger partial charge in [0.15, 0.2) is 0 Å². The molecule has 2 N–H and O–H groups in total. The highest BCUT2D eigenvalue weighted by molar-refractivity contribution is 5.85. The maximum absolute atomic E-state index is 12.2. The van der Waals surface area contributed by atoms with Crippen LogP contribution in [0.3, 0.4) is 0 Å². The first kappa shape index (κ1) is 14.9. The van der Waals surface area contributed by atoms with Crippen molar-refractivity contribution in [1.82, 2.24) is 5.32 Å². The molecule has 3 aliphatic rings. The van der Waals surface area contributed by atoms with Crippen LogP contribution in [0.1, 0.15) is 64.2 Å². The van der Waals surface area contributed by atoms with Gasteiger partial charge in [0.1, 0.15) is 0 Å². The molecule has 0 aromatic carbocycles. The largest absolute Gasteiger partial charge is 0.481 e. The Morgan fingerprint density at radius 3 is 2.43 bits per heavy atom. The average Bonchev–Trinajstić information content (AvgIpc) is 3.08. The van der Waals surface area contributed by atoms with Crippen molar-refractivity contribution in [2.45, 2.75) is 64.2 Å². The van der Waals surface area contributed by atoms with E-state index in [-0.39, 0.29) is 12.3 Å². The third kappa shape index (κ3) is 3.09. The number of carbonyl (C=O) groups is 2. The molecule has 3 atom stereocenters. The predicted octanol–water partition coefficient (Wildman–Crippen LogP) is 2.96. The second-order valence-electron chi connectivity index (χ2n) is 7.56. The van der Waals surface area contributed by atoms with Gasteiger partial charge in [-0.3, -0.25) is 9.59 Å². The Hall–Kier alpha value is -1.06. The van der Waals surface area contributed by atoms with Crippen LogP contribution in [0.4, 0.5) is 0 Å². The third-order valence-corrected chi connectivity index (χ3v) is 6.21. The van der Waals surface area contributed by atoms with E-state index < -0.39 is 11.4 Å². The molecule has 0 heterocycles. The standard InChI is InChI=1S/C17H27NO3/c19-15(10-17(16(20)21)6-2-1-3-7-17)18-11-14-9-12-4-5-13(14)8-12/h12-14H,1-11H2,(H,18,19)(H,20,21). The van der Waals surface area contributed by atoms with E-state index in [0.717, 1.165) is 37.6 Å². The molecule has 3 aliphatic carbocycles. The average molecular weight is 293 g/mol. The minimum atomic E-state index is -0.795. The highest BCUT2D eigenvalue weighted by Gasteiger charge is 2.42. The molecule has 21 heavy (non-hydrogen) atoms. The maximum atomic E-state index is 12.2. The zero-order valence-electron chi connectivity index (χ0n) is 12.8. The zero-order valence-corrected chi connectivity index (χ0v) is 12.8. The molecule has 0 aromatic rings. The van der Waals surface area contributed by atoms with E-state index in [4.69, 9.17) is 0 Å². The summed E-state index contributed by atoms with van der Waals surface area (Å²) in [5, 5.41) is 12.6. The minimum absolute atomic E-state index is 0.0536. The van der Waals surface area contributed by atoms with Crippen molar-refractivity contribution < 1.29 is 14.7 Å². The van der Waals surface area contributed by atoms with E-state index in [0.29, 0.717) is 18.8 Å². The summed E-state index contributed by atoms with van der Waals surface area (Å²) in [5.74, 6) is 1.50. The Bertz CT molecular complexity index is 414. The lowest BCUT2D eigenvalue weighted by atomic mass is 9.71. The Labute approximate surface area is 126 Å². The highest BCUT2D eigenvalue weighted by atomic mass is 16.4. The minimum Gasteiger partial charge on any atom is -0.481 e. The summed E-state index contributed by atoms with van der Waals surface area (Å²) in [7, 11) is 0. The fourth-order valence-electron chi connectivity index (χ4n) is 4.94. The summed E-state index contributed by atoms with van der Waals surface area (Å²) in [6.07, 6.45) is 9.76. The molecule has 0 saturated heterocycles. The number of hydrogen-bond acceptors (Lipinski definition) is 2. The number of nitrogens with one attached hydrogen (secondary N) is 1. The molecule has 2 bridgehead atoms. The van der Waals surface area contributed by atoms with Crippen LogP contribution in [0, 0.1) is 23.2 Å². The number of carboxylic acid groups (broad SMARTS) is 1. The number of carbonyl (C=O) groups excluding carboxylic acids is 1. The first-order valence-corrected chi connectivity index (χ1v) is 8.59. The number of rotatable bonds is 5. The lowest BCUT2D eigenvalue weighted by Gasteiger charge is -2.32. The molecule has 3 saturated carbocycles. The van der Waals surface area contributed by atoms with Crippen LogP contribution < -0.4 is 5.32 Å². The van der Waals surface area contributed by atoms with Crippen molar-refractivity contribution in [2.24, 2.45) is 23.2 Å². The van der Waals surface area contributed by atoms with Crippen LogP contribution in [-0.2, 0) is 9.59 Å². The Kier molecular flexibility index (Phi) is 4.23. The summed E-state index contributed by atoms with van der Waals surface area (Å²) in [6, 6.07) is 0. The predicted molar refractivity (Wildman–Crippen MR) is 79.7 cm³/mol. The molecule has 0 aromatic heterocycles. The molecule has 4 heteroatoms. The van der Waals surface area contributed by atoms with Gasteiger partial charge >= 0.3 is 5.97 Å². The van der Waals surface area contributed by atoms with Gasteiger partial charge in [-0.25, -0.2) is 0 Å². The van der Waals surface area contributed by atoms with E-state index >= 15 is 0 Å². The lowest BCUT2D eigenvalue weighted by Crippen LogP contribution is -2.40. The van der Waals surface area contributed by atoms with Gasteiger partial charge in [0, 0.05) is 13.0 Å². The van der Waals surface area contributed by atoms with Crippen LogP contribution >= 0.6 is 0 Å². The van der Waals surface area contributed by atoms with E-state index in [2.05, 4.69) is 5.32 Å². The first-order chi connectivity index (χ1) is 10.1. The second-order valence-corrected chi connectivity index (χ2v) is 7.56. The molecule has 1 amide bonds. The van der Waals surface area contributed by atoms with Crippen LogP contribution in [-0.4, -0.2) is 23.5 Å². The Morgan fingerprint density at radius 1 is 1.10 bits per heavy atom. The van der Waals surface area contributed by atoms with Crippen molar-refractivity contribution in [3.63, 3.8) is 0 Å². The van der Waals surface area contributed by atoms with Gasteiger partial charge < -0.3 is 10.4 Å². The zero-order chi connectivity index (χ0) is 14.9. The van der Waals surface area contributed by atoms with Crippen LogP contribution in [0.25, 0.3) is 0 Å². The van der Waals surface area contributed by atoms with E-state index in [1.54, 1.807) is 0 Å². The molecule has 3 fully saturated rings. The number of fused-ring (bicyclic) bond motifs is 2. The monoisotopic (exact) mass is 293 g/mol. The normalized spacial score (nSPS) is 33.8. The van der Waals surface area contributed by atoms with Crippen LogP contribution in [0.2, 0.25) is 0 Å². The van der Waals surface area contributed by atoms with Gasteiger partial charge in [-0.05, 0) is 49.9 Å². The molecule has 3 unspecified atom stereocenters. The van der Waals surface area contributed by atoms with Crippen LogP contribution in [0.5, 0.6) is 0 Å². The molecule has 118 valence electrons. The quantitative estimate of drug-likeness (QED) is 0.819. The summed E-state index contributed by atoms with van der Waals surface area (Å²) in [5.41, 5.74) is -0.795. The molecule has 0 aliphatic heterocycles. The second kappa shape index (κ2) is 5.98. The smallest absolute Gasteiger partial charge is 0.310 e. The lowest BCUT2D eigenvalue weighted by molar-refractivity contribution is -0.154. The van der Waals surface area contributed by atoms with Gasteiger partial charge in [-0.15, -0.1) is 0 Å². The summed E-state index contributed by atoms with van der Waals surface area (Å²) < 4.78 is 0. The van der Waals surface area contributed by atoms with E-state index in [9.17, 15) is 14.7 Å². The molecule has 4 nitrogen and oxygen atoms in total. The summed E-state index contributed by atoms with van der Waals surface area (Å²) in [4.78, 5) is 23.8. The Balaban J connectivity index is 1.49. The topological polar surface area (TPSA) is 66.4 Å². The maximum Gasteiger partial charge on any atom is 0.310 e. The molecular weight excluding hydrogens is 266 g/mol.